The number of para-hydroxylation sites is 1. The summed E-state index contributed by atoms with van der Waals surface area (Å²) in [5, 5.41) is 6.04. The highest BCUT2D eigenvalue weighted by molar-refractivity contribution is 9.10. The van der Waals surface area contributed by atoms with Crippen molar-refractivity contribution < 1.29 is 9.13 Å². The summed E-state index contributed by atoms with van der Waals surface area (Å²) in [7, 11) is -0.643. The Balaban J connectivity index is 1.72. The number of morpholine rings is 1. The average Bonchev–Trinajstić information content (AvgIpc) is 3.29. The van der Waals surface area contributed by atoms with E-state index in [4.69, 9.17) is 19.6 Å². The molecule has 3 heterocycles. The van der Waals surface area contributed by atoms with Crippen LogP contribution in [0.25, 0.3) is 5.69 Å². The second-order valence-corrected chi connectivity index (χ2v) is 13.0. The molecule has 0 N–H and O–H groups in total. The Bertz CT molecular complexity index is 1560. The van der Waals surface area contributed by atoms with Crippen LogP contribution < -0.4 is 5.30 Å². The first-order chi connectivity index (χ1) is 18.5. The number of ether oxygens (including phenoxy) is 1. The maximum Gasteiger partial charge on any atom is 0.170 e. The molecule has 0 saturated carbocycles. The fraction of sp³-hybridized carbons (Fsp3) is 0.214. The lowest BCUT2D eigenvalue weighted by Crippen LogP contribution is -2.45. The first-order valence-corrected chi connectivity index (χ1v) is 14.9. The molecule has 6 rings (SSSR count). The number of amidine groups is 1. The van der Waals surface area contributed by atoms with Crippen LogP contribution in [0.3, 0.4) is 0 Å². The van der Waals surface area contributed by atoms with Gasteiger partial charge in [0.05, 0.1) is 35.6 Å². The van der Waals surface area contributed by atoms with Crippen molar-refractivity contribution in [1.82, 2.24) is 19.1 Å². The van der Waals surface area contributed by atoms with Gasteiger partial charge in [-0.15, -0.1) is 0 Å². The molecule has 7 nitrogen and oxygen atoms in total. The zero-order chi connectivity index (χ0) is 26.3. The van der Waals surface area contributed by atoms with E-state index in [-0.39, 0.29) is 5.82 Å². The summed E-state index contributed by atoms with van der Waals surface area (Å²) >= 11 is 3.73. The summed E-state index contributed by atoms with van der Waals surface area (Å²) in [5.74, 6) is 1.19. The first-order valence-electron chi connectivity index (χ1n) is 12.4. The predicted molar refractivity (Wildman–Crippen MR) is 154 cm³/mol. The van der Waals surface area contributed by atoms with Crippen LogP contribution in [-0.2, 0) is 4.74 Å². The number of nitrogens with zero attached hydrogens (tertiary/aromatic N) is 6. The number of aromatic nitrogens is 2. The van der Waals surface area contributed by atoms with E-state index in [1.807, 2.05) is 73.3 Å². The van der Waals surface area contributed by atoms with Crippen molar-refractivity contribution in [3.8, 4) is 5.69 Å². The summed E-state index contributed by atoms with van der Waals surface area (Å²) in [6.45, 7) is 4.71. The van der Waals surface area contributed by atoms with Crippen LogP contribution in [0.5, 0.6) is 0 Å². The van der Waals surface area contributed by atoms with E-state index in [0.717, 1.165) is 57.2 Å². The molecule has 10 heteroatoms. The minimum Gasteiger partial charge on any atom is -0.379 e. The number of benzene rings is 3. The molecule has 38 heavy (non-hydrogen) atoms. The van der Waals surface area contributed by atoms with E-state index in [9.17, 15) is 4.39 Å². The van der Waals surface area contributed by atoms with Gasteiger partial charge in [-0.05, 0) is 71.4 Å². The highest BCUT2D eigenvalue weighted by Crippen LogP contribution is 2.62. The van der Waals surface area contributed by atoms with Gasteiger partial charge in [0, 0.05) is 30.2 Å². The summed E-state index contributed by atoms with van der Waals surface area (Å²) in [4.78, 5) is 5.20. The first kappa shape index (κ1) is 25.2. The SMILES string of the molecule is Cc1nn(-c2ccccc2)c2c1[P@@](=Nc1ccccc1Br)(N1CCOCC1)N(C)C(c1ccc(F)cc1)=N2. The molecule has 4 aromatic rings. The van der Waals surface area contributed by atoms with Crippen molar-refractivity contribution in [2.45, 2.75) is 6.92 Å². The lowest BCUT2D eigenvalue weighted by Gasteiger charge is -2.46. The molecule has 0 bridgehead atoms. The van der Waals surface area contributed by atoms with Gasteiger partial charge in [0.25, 0.3) is 0 Å². The lowest BCUT2D eigenvalue weighted by atomic mass is 10.2. The topological polar surface area (TPSA) is 58.3 Å². The third-order valence-corrected chi connectivity index (χ3v) is 11.3. The van der Waals surface area contributed by atoms with Crippen LogP contribution >= 0.6 is 23.3 Å². The van der Waals surface area contributed by atoms with Gasteiger partial charge in [0.2, 0.25) is 0 Å². The van der Waals surface area contributed by atoms with E-state index in [0.29, 0.717) is 13.2 Å². The standard InChI is InChI=1S/C28H27BrFN6OP/c1-20-26-28(36(32-20)23-8-4-3-5-9-23)31-27(21-12-14-22(30)15-13-21)34(2)38(26,35-16-18-37-19-17-35)33-25-11-7-6-10-24(25)29/h3-15H,16-19H2,1-2H3/t38-/m0/s1. The van der Waals surface area contributed by atoms with E-state index in [1.165, 1.54) is 12.1 Å². The van der Waals surface area contributed by atoms with Crippen LogP contribution in [0.1, 0.15) is 11.3 Å². The molecule has 1 saturated heterocycles. The molecule has 2 aliphatic heterocycles. The number of hydrogen-bond donors (Lipinski definition) is 0. The van der Waals surface area contributed by atoms with E-state index >= 15 is 0 Å². The fourth-order valence-corrected chi connectivity index (χ4v) is 9.39. The molecule has 194 valence electrons. The summed E-state index contributed by atoms with van der Waals surface area (Å²) < 4.78 is 32.8. The normalized spacial score (nSPS) is 19.7. The van der Waals surface area contributed by atoms with Crippen molar-refractivity contribution in [2.24, 2.45) is 9.74 Å². The van der Waals surface area contributed by atoms with Crippen LogP contribution in [0.15, 0.2) is 93.1 Å². The van der Waals surface area contributed by atoms with Crippen LogP contribution in [0.2, 0.25) is 0 Å². The number of fused-ring (bicyclic) bond motifs is 1. The molecule has 0 amide bonds. The van der Waals surface area contributed by atoms with Gasteiger partial charge in [0.1, 0.15) is 11.7 Å². The zero-order valence-corrected chi connectivity index (χ0v) is 23.6. The highest BCUT2D eigenvalue weighted by atomic mass is 79.9. The van der Waals surface area contributed by atoms with Gasteiger partial charge in [-0.25, -0.2) is 23.5 Å². The van der Waals surface area contributed by atoms with E-state index < -0.39 is 7.36 Å². The third-order valence-electron chi connectivity index (χ3n) is 6.83. The van der Waals surface area contributed by atoms with Crippen molar-refractivity contribution in [3.63, 3.8) is 0 Å². The van der Waals surface area contributed by atoms with Crippen LogP contribution in [-0.4, -0.2) is 58.3 Å². The number of aliphatic imine (C=N–C) groups is 1. The third kappa shape index (κ3) is 4.24. The molecule has 0 radical (unpaired) electrons. The van der Waals surface area contributed by atoms with E-state index in [1.54, 1.807) is 12.1 Å². The molecular weight excluding hydrogens is 566 g/mol. The molecule has 0 unspecified atom stereocenters. The molecule has 0 spiro atoms. The number of aryl methyl sites for hydroxylation is 1. The van der Waals surface area contributed by atoms with Gasteiger partial charge >= 0.3 is 0 Å². The smallest absolute Gasteiger partial charge is 0.170 e. The Morgan fingerprint density at radius 3 is 2.34 bits per heavy atom. The monoisotopic (exact) mass is 592 g/mol. The van der Waals surface area contributed by atoms with Crippen molar-refractivity contribution in [1.29, 1.82) is 0 Å². The Hall–Kier alpha value is -3.10. The second kappa shape index (κ2) is 10.2. The molecular formula is C28H27BrFN6OP. The number of halogens is 2. The van der Waals surface area contributed by atoms with Gasteiger partial charge in [-0.3, -0.25) is 0 Å². The Morgan fingerprint density at radius 1 is 0.947 bits per heavy atom. The molecule has 0 aliphatic carbocycles. The largest absolute Gasteiger partial charge is 0.379 e. The highest BCUT2D eigenvalue weighted by Gasteiger charge is 2.45. The molecule has 1 aromatic heterocycles. The maximum absolute atomic E-state index is 13.9. The summed E-state index contributed by atoms with van der Waals surface area (Å²) in [6.07, 6.45) is 0. The minimum absolute atomic E-state index is 0.286. The van der Waals surface area contributed by atoms with E-state index in [2.05, 4.69) is 25.3 Å². The predicted octanol–water partition coefficient (Wildman–Crippen LogP) is 6.43. The molecule has 1 atom stereocenters. The quantitative estimate of drug-likeness (QED) is 0.256. The number of rotatable bonds is 4. The summed E-state index contributed by atoms with van der Waals surface area (Å²) in [5.41, 5.74) is 3.48. The van der Waals surface area contributed by atoms with Gasteiger partial charge in [-0.1, -0.05) is 30.3 Å². The summed E-state index contributed by atoms with van der Waals surface area (Å²) in [6, 6.07) is 24.5. The van der Waals surface area contributed by atoms with Gasteiger partial charge in [0.15, 0.2) is 13.2 Å². The molecule has 2 aliphatic rings. The average molecular weight is 593 g/mol. The Labute approximate surface area is 229 Å². The van der Waals surface area contributed by atoms with Crippen molar-refractivity contribution in [3.05, 3.63) is 100 Å². The van der Waals surface area contributed by atoms with Crippen molar-refractivity contribution in [2.75, 3.05) is 33.4 Å². The van der Waals surface area contributed by atoms with Crippen molar-refractivity contribution >= 4 is 45.9 Å². The Kier molecular flexibility index (Phi) is 6.78. The van der Waals surface area contributed by atoms with Gasteiger partial charge < -0.3 is 9.41 Å². The second-order valence-electron chi connectivity index (χ2n) is 9.16. The lowest BCUT2D eigenvalue weighted by molar-refractivity contribution is 0.0732. The van der Waals surface area contributed by atoms with Gasteiger partial charge in [-0.2, -0.15) is 5.10 Å². The van der Waals surface area contributed by atoms with Crippen LogP contribution in [0, 0.1) is 12.7 Å². The molecule has 1 fully saturated rings. The Morgan fingerprint density at radius 2 is 1.63 bits per heavy atom. The molecule has 3 aromatic carbocycles. The zero-order valence-electron chi connectivity index (χ0n) is 21.1. The fourth-order valence-electron chi connectivity index (χ4n) is 5.04. The number of hydrogen-bond acceptors (Lipinski definition) is 4. The maximum atomic E-state index is 13.9. The van der Waals surface area contributed by atoms with Crippen LogP contribution in [0.4, 0.5) is 15.9 Å². The minimum atomic E-state index is -2.69.